The number of carbonyl (C=O) groups excluding carboxylic acids is 1. The predicted molar refractivity (Wildman–Crippen MR) is 65.3 cm³/mol. The highest BCUT2D eigenvalue weighted by molar-refractivity contribution is 7.91. The van der Waals surface area contributed by atoms with Gasteiger partial charge in [-0.15, -0.1) is 0 Å². The number of sulfone groups is 1. The number of nitrogen functional groups attached to an aromatic ring is 1. The van der Waals surface area contributed by atoms with Crippen LogP contribution in [0.2, 0.25) is 0 Å². The van der Waals surface area contributed by atoms with Gasteiger partial charge < -0.3 is 11.1 Å². The van der Waals surface area contributed by atoms with Crippen LogP contribution in [0.3, 0.4) is 0 Å². The molecule has 1 amide bonds. The highest BCUT2D eigenvalue weighted by Crippen LogP contribution is 2.00. The summed E-state index contributed by atoms with van der Waals surface area (Å²) < 4.78 is 22.4. The molecule has 0 aromatic carbocycles. The molecule has 1 heterocycles. The fraction of sp³-hybridized carbons (Fsp3) is 0.400. The van der Waals surface area contributed by atoms with Crippen LogP contribution in [0.5, 0.6) is 0 Å². The highest BCUT2D eigenvalue weighted by atomic mass is 32.2. The van der Waals surface area contributed by atoms with Gasteiger partial charge in [-0.1, -0.05) is 6.92 Å². The van der Waals surface area contributed by atoms with Gasteiger partial charge in [0.2, 0.25) is 0 Å². The Kier molecular flexibility index (Phi) is 4.45. The molecule has 0 aliphatic heterocycles. The Morgan fingerprint density at radius 3 is 2.71 bits per heavy atom. The minimum Gasteiger partial charge on any atom is -0.397 e. The Balaban J connectivity index is 2.48. The van der Waals surface area contributed by atoms with E-state index in [0.717, 1.165) is 0 Å². The van der Waals surface area contributed by atoms with Crippen molar-refractivity contribution in [1.82, 2.24) is 10.3 Å². The molecule has 0 aliphatic rings. The third kappa shape index (κ3) is 4.39. The van der Waals surface area contributed by atoms with Crippen molar-refractivity contribution < 1.29 is 13.2 Å². The van der Waals surface area contributed by atoms with Crippen molar-refractivity contribution in [3.63, 3.8) is 0 Å². The van der Waals surface area contributed by atoms with Crippen LogP contribution in [0.25, 0.3) is 0 Å². The number of amides is 1. The maximum Gasteiger partial charge on any atom is 0.269 e. The van der Waals surface area contributed by atoms with E-state index in [1.807, 2.05) is 0 Å². The van der Waals surface area contributed by atoms with E-state index >= 15 is 0 Å². The summed E-state index contributed by atoms with van der Waals surface area (Å²) in [6.07, 6.45) is 1.37. The van der Waals surface area contributed by atoms with Crippen LogP contribution in [0.1, 0.15) is 17.4 Å². The second kappa shape index (κ2) is 5.62. The number of nitrogens with one attached hydrogen (secondary N) is 1. The zero-order valence-electron chi connectivity index (χ0n) is 9.51. The van der Waals surface area contributed by atoms with Gasteiger partial charge in [-0.05, 0) is 12.1 Å². The van der Waals surface area contributed by atoms with Crippen LogP contribution in [-0.2, 0) is 9.84 Å². The van der Waals surface area contributed by atoms with Crippen molar-refractivity contribution in [2.45, 2.75) is 6.92 Å². The number of aromatic nitrogens is 1. The summed E-state index contributed by atoms with van der Waals surface area (Å²) in [5, 5.41) is 2.49. The molecule has 0 atom stereocenters. The Morgan fingerprint density at radius 2 is 2.18 bits per heavy atom. The molecule has 1 rings (SSSR count). The number of nitrogens with zero attached hydrogens (tertiary/aromatic N) is 1. The normalized spacial score (nSPS) is 11.1. The quantitative estimate of drug-likeness (QED) is 0.762. The lowest BCUT2D eigenvalue weighted by Crippen LogP contribution is -2.30. The van der Waals surface area contributed by atoms with Gasteiger partial charge in [-0.2, -0.15) is 0 Å². The lowest BCUT2D eigenvalue weighted by molar-refractivity contribution is 0.0951. The first-order chi connectivity index (χ1) is 7.94. The number of nitrogens with two attached hydrogens (primary N) is 1. The van der Waals surface area contributed by atoms with Crippen molar-refractivity contribution in [3.8, 4) is 0 Å². The molecule has 0 unspecified atom stereocenters. The molecule has 0 radical (unpaired) electrons. The molecule has 17 heavy (non-hydrogen) atoms. The van der Waals surface area contributed by atoms with Crippen molar-refractivity contribution >= 4 is 21.4 Å². The average molecular weight is 257 g/mol. The predicted octanol–water partition coefficient (Wildman–Crippen LogP) is -0.172. The number of hydrogen-bond donors (Lipinski definition) is 2. The van der Waals surface area contributed by atoms with E-state index < -0.39 is 15.7 Å². The molecular weight excluding hydrogens is 242 g/mol. The number of pyridine rings is 1. The van der Waals surface area contributed by atoms with Crippen LogP contribution in [0, 0.1) is 0 Å². The molecule has 0 saturated heterocycles. The highest BCUT2D eigenvalue weighted by Gasteiger charge is 2.10. The number of hydrogen-bond acceptors (Lipinski definition) is 5. The molecule has 6 nitrogen and oxygen atoms in total. The van der Waals surface area contributed by atoms with E-state index in [2.05, 4.69) is 10.3 Å². The molecule has 0 fully saturated rings. The van der Waals surface area contributed by atoms with Crippen LogP contribution in [0.15, 0.2) is 18.3 Å². The molecule has 0 spiro atoms. The van der Waals surface area contributed by atoms with E-state index in [4.69, 9.17) is 5.73 Å². The maximum absolute atomic E-state index is 11.5. The molecule has 94 valence electrons. The summed E-state index contributed by atoms with van der Waals surface area (Å²) >= 11 is 0. The molecule has 3 N–H and O–H groups in total. The summed E-state index contributed by atoms with van der Waals surface area (Å²) in [6, 6.07) is 3.05. The third-order valence-corrected chi connectivity index (χ3v) is 3.86. The minimum absolute atomic E-state index is 0.0653. The van der Waals surface area contributed by atoms with Crippen LogP contribution in [-0.4, -0.2) is 37.4 Å². The SMILES string of the molecule is CCS(=O)(=O)CCNC(=O)c1ccc(N)cn1. The van der Waals surface area contributed by atoms with E-state index in [0.29, 0.717) is 5.69 Å². The molecule has 1 aromatic rings. The Bertz CT molecular complexity index is 482. The summed E-state index contributed by atoms with van der Waals surface area (Å²) in [5.41, 5.74) is 6.11. The summed E-state index contributed by atoms with van der Waals surface area (Å²) in [5.74, 6) is -0.399. The fourth-order valence-electron chi connectivity index (χ4n) is 1.09. The summed E-state index contributed by atoms with van der Waals surface area (Å²) in [4.78, 5) is 15.3. The Hall–Kier alpha value is -1.63. The van der Waals surface area contributed by atoms with Gasteiger partial charge in [0.1, 0.15) is 5.69 Å². The molecule has 0 bridgehead atoms. The van der Waals surface area contributed by atoms with Gasteiger partial charge in [0.25, 0.3) is 5.91 Å². The van der Waals surface area contributed by atoms with Crippen LogP contribution < -0.4 is 11.1 Å². The van der Waals surface area contributed by atoms with E-state index in [1.54, 1.807) is 13.0 Å². The van der Waals surface area contributed by atoms with Crippen molar-refractivity contribution in [2.24, 2.45) is 0 Å². The van der Waals surface area contributed by atoms with Gasteiger partial charge in [-0.3, -0.25) is 4.79 Å². The lowest BCUT2D eigenvalue weighted by atomic mass is 10.3. The van der Waals surface area contributed by atoms with Crippen LogP contribution >= 0.6 is 0 Å². The minimum atomic E-state index is -3.06. The molecule has 1 aromatic heterocycles. The van der Waals surface area contributed by atoms with Gasteiger partial charge in [0, 0.05) is 12.3 Å². The first-order valence-corrected chi connectivity index (χ1v) is 6.97. The number of anilines is 1. The second-order valence-electron chi connectivity index (χ2n) is 3.47. The molecule has 0 aliphatic carbocycles. The number of carbonyl (C=O) groups is 1. The summed E-state index contributed by atoms with van der Waals surface area (Å²) in [6.45, 7) is 1.65. The molecular formula is C10H15N3O3S. The van der Waals surface area contributed by atoms with Gasteiger partial charge in [0.15, 0.2) is 9.84 Å². The van der Waals surface area contributed by atoms with Gasteiger partial charge in [0.05, 0.1) is 17.6 Å². The fourth-order valence-corrected chi connectivity index (χ4v) is 1.80. The standard InChI is InChI=1S/C10H15N3O3S/c1-2-17(15,16)6-5-12-10(14)9-4-3-8(11)7-13-9/h3-4,7H,2,5-6,11H2,1H3,(H,12,14). The van der Waals surface area contributed by atoms with Crippen molar-refractivity contribution in [1.29, 1.82) is 0 Å². The van der Waals surface area contributed by atoms with E-state index in [9.17, 15) is 13.2 Å². The van der Waals surface area contributed by atoms with E-state index in [-0.39, 0.29) is 23.7 Å². The number of rotatable bonds is 5. The average Bonchev–Trinajstić information content (AvgIpc) is 2.29. The molecule has 0 saturated carbocycles. The monoisotopic (exact) mass is 257 g/mol. The Labute approximate surface area is 100 Å². The first kappa shape index (κ1) is 13.4. The van der Waals surface area contributed by atoms with Crippen molar-refractivity contribution in [3.05, 3.63) is 24.0 Å². The Morgan fingerprint density at radius 1 is 1.47 bits per heavy atom. The van der Waals surface area contributed by atoms with Crippen LogP contribution in [0.4, 0.5) is 5.69 Å². The second-order valence-corrected chi connectivity index (χ2v) is 5.94. The smallest absolute Gasteiger partial charge is 0.269 e. The molecule has 7 heteroatoms. The van der Waals surface area contributed by atoms with Gasteiger partial charge in [-0.25, -0.2) is 13.4 Å². The van der Waals surface area contributed by atoms with Gasteiger partial charge >= 0.3 is 0 Å². The van der Waals surface area contributed by atoms with E-state index in [1.165, 1.54) is 12.3 Å². The summed E-state index contributed by atoms with van der Waals surface area (Å²) in [7, 11) is -3.06. The largest absolute Gasteiger partial charge is 0.397 e. The van der Waals surface area contributed by atoms with Crippen molar-refractivity contribution in [2.75, 3.05) is 23.8 Å². The third-order valence-electron chi connectivity index (χ3n) is 2.16. The first-order valence-electron chi connectivity index (χ1n) is 5.15. The zero-order valence-corrected chi connectivity index (χ0v) is 10.3. The maximum atomic E-state index is 11.5. The zero-order chi connectivity index (χ0) is 12.9. The lowest BCUT2D eigenvalue weighted by Gasteiger charge is -2.04. The topological polar surface area (TPSA) is 102 Å².